The van der Waals surface area contributed by atoms with Crippen molar-refractivity contribution in [1.29, 1.82) is 0 Å². The lowest BCUT2D eigenvalue weighted by atomic mass is 10.1. The Kier molecular flexibility index (Phi) is 3.71. The van der Waals surface area contributed by atoms with Crippen LogP contribution in [0.25, 0.3) is 0 Å². The van der Waals surface area contributed by atoms with Crippen molar-refractivity contribution in [3.05, 3.63) is 46.2 Å². The number of para-hydroxylation sites is 1. The van der Waals surface area contributed by atoms with Crippen LogP contribution < -0.4 is 14.8 Å². The van der Waals surface area contributed by atoms with Crippen LogP contribution in [-0.2, 0) is 13.0 Å². The molecule has 0 bridgehead atoms. The molecule has 0 aliphatic carbocycles. The van der Waals surface area contributed by atoms with Crippen molar-refractivity contribution >= 4 is 11.3 Å². The van der Waals surface area contributed by atoms with Gasteiger partial charge in [-0.2, -0.15) is 11.3 Å². The number of thiophene rings is 1. The Hall–Kier alpha value is -1.52. The van der Waals surface area contributed by atoms with Gasteiger partial charge in [0.05, 0.1) is 0 Å². The van der Waals surface area contributed by atoms with E-state index in [9.17, 15) is 0 Å². The van der Waals surface area contributed by atoms with Crippen molar-refractivity contribution in [3.63, 3.8) is 0 Å². The van der Waals surface area contributed by atoms with Gasteiger partial charge in [-0.3, -0.25) is 0 Å². The maximum absolute atomic E-state index is 5.51. The molecule has 0 saturated heterocycles. The van der Waals surface area contributed by atoms with Crippen LogP contribution in [0.15, 0.2) is 35.0 Å². The van der Waals surface area contributed by atoms with E-state index < -0.39 is 0 Å². The fraction of sp³-hybridized carbons (Fsp3) is 0.333. The predicted octanol–water partition coefficient (Wildman–Crippen LogP) is 3.20. The summed E-state index contributed by atoms with van der Waals surface area (Å²) in [7, 11) is 0. The predicted molar refractivity (Wildman–Crippen MR) is 76.9 cm³/mol. The number of nitrogens with one attached hydrogen (secondary N) is 1. The van der Waals surface area contributed by atoms with Crippen molar-refractivity contribution in [1.82, 2.24) is 5.32 Å². The summed E-state index contributed by atoms with van der Waals surface area (Å²) in [6, 6.07) is 8.65. The molecule has 1 aliphatic heterocycles. The highest BCUT2D eigenvalue weighted by Crippen LogP contribution is 2.35. The van der Waals surface area contributed by atoms with Crippen molar-refractivity contribution in [2.75, 3.05) is 6.79 Å². The van der Waals surface area contributed by atoms with E-state index in [0.29, 0.717) is 12.8 Å². The highest BCUT2D eigenvalue weighted by Gasteiger charge is 2.17. The van der Waals surface area contributed by atoms with E-state index in [0.717, 1.165) is 30.0 Å². The first-order chi connectivity index (χ1) is 9.33. The van der Waals surface area contributed by atoms with E-state index in [2.05, 4.69) is 35.1 Å². The van der Waals surface area contributed by atoms with Gasteiger partial charge < -0.3 is 14.8 Å². The van der Waals surface area contributed by atoms with E-state index in [-0.39, 0.29) is 0 Å². The third-order valence-corrected chi connectivity index (χ3v) is 3.97. The van der Waals surface area contributed by atoms with Crippen LogP contribution in [0.3, 0.4) is 0 Å². The highest BCUT2D eigenvalue weighted by molar-refractivity contribution is 7.07. The van der Waals surface area contributed by atoms with Crippen LogP contribution in [0.4, 0.5) is 0 Å². The number of ether oxygens (including phenoxy) is 2. The lowest BCUT2D eigenvalue weighted by molar-refractivity contribution is 0.173. The smallest absolute Gasteiger partial charge is 0.231 e. The molecule has 0 amide bonds. The Labute approximate surface area is 117 Å². The second-order valence-corrected chi connectivity index (χ2v) is 5.55. The number of fused-ring (bicyclic) bond motifs is 1. The minimum absolute atomic E-state index is 0.330. The first-order valence-electron chi connectivity index (χ1n) is 6.45. The van der Waals surface area contributed by atoms with Gasteiger partial charge in [-0.15, -0.1) is 0 Å². The fourth-order valence-corrected chi connectivity index (χ4v) is 2.93. The highest BCUT2D eigenvalue weighted by atomic mass is 32.1. The lowest BCUT2D eigenvalue weighted by Crippen LogP contribution is -2.27. The molecular formula is C15H17NO2S. The van der Waals surface area contributed by atoms with Crippen LogP contribution in [-0.4, -0.2) is 12.8 Å². The lowest BCUT2D eigenvalue weighted by Gasteiger charge is -2.14. The molecule has 1 aliphatic rings. The maximum Gasteiger partial charge on any atom is 0.231 e. The molecule has 2 aromatic rings. The van der Waals surface area contributed by atoms with Gasteiger partial charge in [0, 0.05) is 18.2 Å². The van der Waals surface area contributed by atoms with E-state index in [4.69, 9.17) is 9.47 Å². The monoisotopic (exact) mass is 275 g/mol. The van der Waals surface area contributed by atoms with Gasteiger partial charge in [-0.25, -0.2) is 0 Å². The average molecular weight is 275 g/mol. The van der Waals surface area contributed by atoms with Gasteiger partial charge in [0.2, 0.25) is 6.79 Å². The van der Waals surface area contributed by atoms with E-state index in [1.165, 1.54) is 5.56 Å². The van der Waals surface area contributed by atoms with Crippen molar-refractivity contribution in [3.8, 4) is 11.5 Å². The number of rotatable bonds is 5. The second kappa shape index (κ2) is 5.63. The Bertz CT molecular complexity index is 539. The quantitative estimate of drug-likeness (QED) is 0.909. The molecular weight excluding hydrogens is 258 g/mol. The van der Waals surface area contributed by atoms with Gasteiger partial charge in [-0.05, 0) is 41.8 Å². The largest absolute Gasteiger partial charge is 0.454 e. The summed E-state index contributed by atoms with van der Waals surface area (Å²) in [5.41, 5.74) is 2.55. The Balaban J connectivity index is 1.59. The number of benzene rings is 1. The molecule has 3 nitrogen and oxygen atoms in total. The molecule has 0 radical (unpaired) electrons. The SMILES string of the molecule is CC(Cc1ccsc1)NCc1cccc2c1OCO2. The van der Waals surface area contributed by atoms with E-state index >= 15 is 0 Å². The fourth-order valence-electron chi connectivity index (χ4n) is 2.25. The summed E-state index contributed by atoms with van der Waals surface area (Å²) in [6.45, 7) is 3.34. The summed E-state index contributed by atoms with van der Waals surface area (Å²) in [4.78, 5) is 0. The Morgan fingerprint density at radius 2 is 2.26 bits per heavy atom. The maximum atomic E-state index is 5.51. The minimum Gasteiger partial charge on any atom is -0.454 e. The summed E-state index contributed by atoms with van der Waals surface area (Å²) < 4.78 is 10.9. The van der Waals surface area contributed by atoms with Crippen LogP contribution in [0.2, 0.25) is 0 Å². The zero-order valence-corrected chi connectivity index (χ0v) is 11.7. The van der Waals surface area contributed by atoms with E-state index in [1.807, 2.05) is 12.1 Å². The number of hydrogen-bond acceptors (Lipinski definition) is 4. The zero-order valence-electron chi connectivity index (χ0n) is 10.9. The van der Waals surface area contributed by atoms with Crippen LogP contribution in [0.1, 0.15) is 18.1 Å². The van der Waals surface area contributed by atoms with Gasteiger partial charge in [0.1, 0.15) is 0 Å². The average Bonchev–Trinajstić information content (AvgIpc) is 3.06. The van der Waals surface area contributed by atoms with Crippen LogP contribution in [0.5, 0.6) is 11.5 Å². The Morgan fingerprint density at radius 3 is 3.11 bits per heavy atom. The van der Waals surface area contributed by atoms with Crippen molar-refractivity contribution in [2.45, 2.75) is 25.9 Å². The molecule has 19 heavy (non-hydrogen) atoms. The van der Waals surface area contributed by atoms with E-state index in [1.54, 1.807) is 11.3 Å². The number of hydrogen-bond donors (Lipinski definition) is 1. The molecule has 1 aromatic heterocycles. The molecule has 0 saturated carbocycles. The minimum atomic E-state index is 0.330. The molecule has 4 heteroatoms. The van der Waals surface area contributed by atoms with Gasteiger partial charge in [-0.1, -0.05) is 12.1 Å². The van der Waals surface area contributed by atoms with Crippen LogP contribution in [0, 0.1) is 0 Å². The molecule has 0 fully saturated rings. The van der Waals surface area contributed by atoms with Crippen LogP contribution >= 0.6 is 11.3 Å². The van der Waals surface area contributed by atoms with Crippen molar-refractivity contribution in [2.24, 2.45) is 0 Å². The summed E-state index contributed by atoms with van der Waals surface area (Å²) in [5, 5.41) is 7.86. The zero-order chi connectivity index (χ0) is 13.1. The molecule has 2 heterocycles. The van der Waals surface area contributed by atoms with Crippen molar-refractivity contribution < 1.29 is 9.47 Å². The molecule has 100 valence electrons. The van der Waals surface area contributed by atoms with Gasteiger partial charge in [0.15, 0.2) is 11.5 Å². The third kappa shape index (κ3) is 2.91. The third-order valence-electron chi connectivity index (χ3n) is 3.24. The second-order valence-electron chi connectivity index (χ2n) is 4.77. The standard InChI is InChI=1S/C15H17NO2S/c1-11(7-12-5-6-19-9-12)16-8-13-3-2-4-14-15(13)18-10-17-14/h2-6,9,11,16H,7-8,10H2,1H3. The topological polar surface area (TPSA) is 30.5 Å². The first kappa shape index (κ1) is 12.5. The Morgan fingerprint density at radius 1 is 1.32 bits per heavy atom. The summed E-state index contributed by atoms with van der Waals surface area (Å²) in [5.74, 6) is 1.74. The molecule has 1 unspecified atom stereocenters. The van der Waals surface area contributed by atoms with Gasteiger partial charge in [0.25, 0.3) is 0 Å². The van der Waals surface area contributed by atoms with Gasteiger partial charge >= 0.3 is 0 Å². The molecule has 3 rings (SSSR count). The first-order valence-corrected chi connectivity index (χ1v) is 7.39. The molecule has 1 aromatic carbocycles. The molecule has 1 atom stereocenters. The molecule has 0 spiro atoms. The molecule has 1 N–H and O–H groups in total. The summed E-state index contributed by atoms with van der Waals surface area (Å²) in [6.07, 6.45) is 1.05. The summed E-state index contributed by atoms with van der Waals surface area (Å²) >= 11 is 1.75. The normalized spacial score (nSPS) is 14.6.